The molecule has 0 fully saturated rings. The zero-order valence-electron chi connectivity index (χ0n) is 4.58. The Morgan fingerprint density at radius 2 is 2.00 bits per heavy atom. The maximum absolute atomic E-state index is 9.97. The first-order valence-electron chi connectivity index (χ1n) is 2.26. The fourth-order valence-corrected chi connectivity index (χ4v) is 0.729. The number of aliphatic hydroxyl groups excluding tert-OH is 1. The Kier molecular flexibility index (Phi) is 9.40. The molecule has 4 nitrogen and oxygen atoms in total. The van der Waals surface area contributed by atoms with Crippen molar-refractivity contribution in [3.05, 3.63) is 0 Å². The van der Waals surface area contributed by atoms with Crippen LogP contribution in [0.5, 0.6) is 0 Å². The van der Waals surface area contributed by atoms with Gasteiger partial charge in [-0.2, -0.15) is 8.42 Å². The third-order valence-corrected chi connectivity index (χ3v) is 1.24. The predicted molar refractivity (Wildman–Crippen MR) is 39.6 cm³/mol. The number of hydrogen-bond acceptors (Lipinski definition) is 4. The summed E-state index contributed by atoms with van der Waals surface area (Å²) < 4.78 is 24.0. The van der Waals surface area contributed by atoms with E-state index in [9.17, 15) is 8.42 Å². The first-order chi connectivity index (χ1) is 4.06. The zero-order valence-corrected chi connectivity index (χ0v) is 6.15. The molecule has 0 aromatic carbocycles. The van der Waals surface area contributed by atoms with Gasteiger partial charge in [-0.25, -0.2) is 0 Å². The molecule has 0 spiro atoms. The van der Waals surface area contributed by atoms with Crippen molar-refractivity contribution in [2.24, 2.45) is 0 Å². The monoisotopic (exact) mass is 198 g/mol. The predicted octanol–water partition coefficient (Wildman–Crippen LogP) is -0.779. The van der Waals surface area contributed by atoms with Gasteiger partial charge in [0.1, 0.15) is 0 Å². The Balaban J connectivity index is 0. The topological polar surface area (TPSA) is 63.6 Å². The molecule has 0 aromatic heterocycles. The van der Waals surface area contributed by atoms with Gasteiger partial charge in [-0.3, -0.25) is 4.18 Å². The summed E-state index contributed by atoms with van der Waals surface area (Å²) in [5, 5.41) is 8.15. The zero-order chi connectivity index (χ0) is 7.33. The van der Waals surface area contributed by atoms with Gasteiger partial charge in [0.25, 0.3) is 0 Å². The van der Waals surface area contributed by atoms with Crippen LogP contribution in [-0.4, -0.2) is 56.3 Å². The van der Waals surface area contributed by atoms with E-state index in [0.717, 1.165) is 0 Å². The summed E-state index contributed by atoms with van der Waals surface area (Å²) in [6.07, 6.45) is 0.270. The first kappa shape index (κ1) is 13.7. The van der Waals surface area contributed by atoms with Crippen LogP contribution in [0.25, 0.3) is 0 Å². The van der Waals surface area contributed by atoms with Crippen LogP contribution in [-0.2, 0) is 13.5 Å². The van der Waals surface area contributed by atoms with E-state index in [1.807, 2.05) is 0 Å². The Morgan fingerprint density at radius 3 is 2.30 bits per heavy atom. The number of halogens is 1. The summed E-state index contributed by atoms with van der Waals surface area (Å²) in [6, 6.07) is 0. The van der Waals surface area contributed by atoms with Crippen LogP contribution in [0, 0.1) is 0 Å². The van der Waals surface area contributed by atoms with Crippen LogP contribution in [0.4, 0.5) is 0 Å². The minimum absolute atomic E-state index is 0. The molecule has 0 saturated heterocycles. The van der Waals surface area contributed by atoms with Crippen LogP contribution in [0.1, 0.15) is 6.42 Å². The molecule has 0 saturated carbocycles. The second-order valence-electron chi connectivity index (χ2n) is 1.29. The molecule has 0 radical (unpaired) electrons. The van der Waals surface area contributed by atoms with Crippen LogP contribution >= 0.6 is 10.7 Å². The molecule has 0 aliphatic carbocycles. The Bertz CT molecular complexity index is 156. The minimum atomic E-state index is -3.84. The van der Waals surface area contributed by atoms with Crippen molar-refractivity contribution in [3.8, 4) is 0 Å². The maximum atomic E-state index is 9.97. The quantitative estimate of drug-likeness (QED) is 0.366. The van der Waals surface area contributed by atoms with Crippen LogP contribution in [0.3, 0.4) is 0 Å². The van der Waals surface area contributed by atoms with E-state index in [4.69, 9.17) is 5.11 Å². The molecule has 7 heteroatoms. The second-order valence-corrected chi connectivity index (χ2v) is 3.45. The molecule has 0 bridgehead atoms. The average molecular weight is 199 g/mol. The van der Waals surface area contributed by atoms with E-state index in [1.165, 1.54) is 0 Å². The number of aliphatic hydroxyl groups is 1. The summed E-state index contributed by atoms with van der Waals surface area (Å²) in [5.74, 6) is 0. The number of rotatable bonds is 4. The normalized spacial score (nSPS) is 10.6. The number of hydrogen-bond donors (Lipinski definition) is 1. The SMILES string of the molecule is O=S(=O)(Cl)OCCCO.[NaH]. The molecule has 58 valence electrons. The molecule has 0 aliphatic heterocycles. The van der Waals surface area contributed by atoms with E-state index in [0.29, 0.717) is 0 Å². The van der Waals surface area contributed by atoms with Gasteiger partial charge in [0.2, 0.25) is 0 Å². The molecule has 0 amide bonds. The van der Waals surface area contributed by atoms with E-state index in [2.05, 4.69) is 14.9 Å². The molecule has 0 aromatic rings. The van der Waals surface area contributed by atoms with Crippen molar-refractivity contribution in [2.75, 3.05) is 13.2 Å². The third-order valence-electron chi connectivity index (χ3n) is 0.527. The molecule has 1 N–H and O–H groups in total. The van der Waals surface area contributed by atoms with Gasteiger partial charge in [0.15, 0.2) is 0 Å². The average Bonchev–Trinajstić information content (AvgIpc) is 1.63. The van der Waals surface area contributed by atoms with Crippen LogP contribution < -0.4 is 0 Å². The van der Waals surface area contributed by atoms with Crippen LogP contribution in [0.15, 0.2) is 0 Å². The Hall–Kier alpha value is 1.16. The first-order valence-corrected chi connectivity index (χ1v) is 4.49. The molecule has 0 heterocycles. The van der Waals surface area contributed by atoms with Gasteiger partial charge in [0.05, 0.1) is 6.61 Å². The van der Waals surface area contributed by atoms with E-state index in [-0.39, 0.29) is 49.2 Å². The second kappa shape index (κ2) is 6.84. The van der Waals surface area contributed by atoms with Crippen molar-refractivity contribution in [2.45, 2.75) is 6.42 Å². The summed E-state index contributed by atoms with van der Waals surface area (Å²) in [5.41, 5.74) is 0. The third kappa shape index (κ3) is 11.9. The Labute approximate surface area is 86.4 Å². The van der Waals surface area contributed by atoms with Gasteiger partial charge < -0.3 is 5.11 Å². The van der Waals surface area contributed by atoms with Gasteiger partial charge in [0, 0.05) is 17.3 Å². The van der Waals surface area contributed by atoms with Crippen molar-refractivity contribution in [1.82, 2.24) is 0 Å². The van der Waals surface area contributed by atoms with Crippen molar-refractivity contribution >= 4 is 49.6 Å². The fourth-order valence-electron chi connectivity index (χ4n) is 0.223. The van der Waals surface area contributed by atoms with Gasteiger partial charge in [-0.15, -0.1) is 0 Å². The fraction of sp³-hybridized carbons (Fsp3) is 1.00. The molecular weight excluding hydrogens is 191 g/mol. The van der Waals surface area contributed by atoms with Crippen molar-refractivity contribution < 1.29 is 17.7 Å². The van der Waals surface area contributed by atoms with Gasteiger partial charge in [-0.05, 0) is 6.42 Å². The molecule has 0 atom stereocenters. The summed E-state index contributed by atoms with van der Waals surface area (Å²) in [7, 11) is 0.802. The molecule has 0 aliphatic rings. The van der Waals surface area contributed by atoms with E-state index < -0.39 is 9.33 Å². The van der Waals surface area contributed by atoms with Crippen molar-refractivity contribution in [3.63, 3.8) is 0 Å². The summed E-state index contributed by atoms with van der Waals surface area (Å²) in [6.45, 7) is -0.172. The molecule has 0 unspecified atom stereocenters. The van der Waals surface area contributed by atoms with E-state index in [1.54, 1.807) is 0 Å². The van der Waals surface area contributed by atoms with Crippen molar-refractivity contribution in [1.29, 1.82) is 0 Å². The summed E-state index contributed by atoms with van der Waals surface area (Å²) in [4.78, 5) is 0. The standard InChI is InChI=1S/C3H7ClO4S.Na.H/c4-9(6,7)8-3-1-2-5;;/h5H,1-3H2;;. The van der Waals surface area contributed by atoms with Gasteiger partial charge in [-0.1, -0.05) is 0 Å². The molecule has 0 rings (SSSR count). The van der Waals surface area contributed by atoms with Crippen LogP contribution in [0.2, 0.25) is 0 Å². The van der Waals surface area contributed by atoms with Gasteiger partial charge >= 0.3 is 38.9 Å². The molecular formula is C3H8ClNaO4S. The molecule has 10 heavy (non-hydrogen) atoms. The van der Waals surface area contributed by atoms with E-state index >= 15 is 0 Å². The Morgan fingerprint density at radius 1 is 1.50 bits per heavy atom. The summed E-state index contributed by atoms with van der Waals surface area (Å²) >= 11 is 0.